The van der Waals surface area contributed by atoms with Crippen LogP contribution in [0.25, 0.3) is 10.8 Å². The minimum atomic E-state index is -0.286. The highest BCUT2D eigenvalue weighted by molar-refractivity contribution is 6.30. The first-order chi connectivity index (χ1) is 10.1. The lowest BCUT2D eigenvalue weighted by Gasteiger charge is -2.06. The molecule has 21 heavy (non-hydrogen) atoms. The predicted molar refractivity (Wildman–Crippen MR) is 82.9 cm³/mol. The lowest BCUT2D eigenvalue weighted by molar-refractivity contribution is 0.406. The van der Waals surface area contributed by atoms with Gasteiger partial charge in [0.1, 0.15) is 5.69 Å². The average molecular weight is 299 g/mol. The second-order valence-corrected chi connectivity index (χ2v) is 4.93. The molecule has 0 spiro atoms. The number of phenolic OH excluding ortho intramolecular Hbond substituents is 2. The first-order valence-corrected chi connectivity index (χ1v) is 6.64. The highest BCUT2D eigenvalue weighted by Crippen LogP contribution is 2.42. The van der Waals surface area contributed by atoms with Crippen LogP contribution in [0.15, 0.2) is 64.8 Å². The fourth-order valence-corrected chi connectivity index (χ4v) is 2.15. The summed E-state index contributed by atoms with van der Waals surface area (Å²) in [7, 11) is 0. The first-order valence-electron chi connectivity index (χ1n) is 6.26. The quantitative estimate of drug-likeness (QED) is 0.496. The Morgan fingerprint density at radius 3 is 2.33 bits per heavy atom. The lowest BCUT2D eigenvalue weighted by atomic mass is 10.1. The molecule has 4 nitrogen and oxygen atoms in total. The van der Waals surface area contributed by atoms with Crippen LogP contribution in [0.1, 0.15) is 0 Å². The summed E-state index contributed by atoms with van der Waals surface area (Å²) in [4.78, 5) is 0. The summed E-state index contributed by atoms with van der Waals surface area (Å²) in [6, 6.07) is 15.7. The van der Waals surface area contributed by atoms with E-state index in [2.05, 4.69) is 10.2 Å². The smallest absolute Gasteiger partial charge is 0.186 e. The molecule has 0 unspecified atom stereocenters. The van der Waals surface area contributed by atoms with E-state index in [1.54, 1.807) is 24.3 Å². The molecule has 0 bridgehead atoms. The molecule has 0 saturated carbocycles. The van der Waals surface area contributed by atoms with Crippen molar-refractivity contribution < 1.29 is 10.2 Å². The van der Waals surface area contributed by atoms with Crippen LogP contribution in [-0.2, 0) is 0 Å². The minimum Gasteiger partial charge on any atom is -0.504 e. The van der Waals surface area contributed by atoms with Gasteiger partial charge in [-0.3, -0.25) is 0 Å². The SMILES string of the molecule is Oc1cc2ccccc2c(N=Nc2ccc(Cl)cc2)c1O. The van der Waals surface area contributed by atoms with Gasteiger partial charge in [0.15, 0.2) is 11.5 Å². The fourth-order valence-electron chi connectivity index (χ4n) is 2.02. The molecule has 0 radical (unpaired) electrons. The van der Waals surface area contributed by atoms with Gasteiger partial charge in [-0.1, -0.05) is 35.9 Å². The molecule has 0 aliphatic rings. The van der Waals surface area contributed by atoms with Crippen molar-refractivity contribution in [3.8, 4) is 11.5 Å². The maximum atomic E-state index is 9.99. The van der Waals surface area contributed by atoms with Crippen molar-refractivity contribution in [2.24, 2.45) is 10.2 Å². The zero-order valence-corrected chi connectivity index (χ0v) is 11.6. The normalized spacial score (nSPS) is 11.3. The Bertz CT molecular complexity index is 830. The van der Waals surface area contributed by atoms with E-state index in [9.17, 15) is 10.2 Å². The van der Waals surface area contributed by atoms with E-state index >= 15 is 0 Å². The molecule has 0 heterocycles. The minimum absolute atomic E-state index is 0.223. The Balaban J connectivity index is 2.11. The number of halogens is 1. The number of rotatable bonds is 2. The highest BCUT2D eigenvalue weighted by Gasteiger charge is 2.11. The standard InChI is InChI=1S/C16H11ClN2O2/c17-11-5-7-12(8-6-11)18-19-15-13-4-2-1-3-10(13)9-14(20)16(15)21/h1-9,20-21H. The van der Waals surface area contributed by atoms with E-state index in [-0.39, 0.29) is 17.2 Å². The summed E-state index contributed by atoms with van der Waals surface area (Å²) in [6.45, 7) is 0. The number of hydrogen-bond acceptors (Lipinski definition) is 4. The van der Waals surface area contributed by atoms with Crippen molar-refractivity contribution in [1.29, 1.82) is 0 Å². The van der Waals surface area contributed by atoms with Crippen LogP contribution >= 0.6 is 11.6 Å². The molecule has 5 heteroatoms. The topological polar surface area (TPSA) is 65.2 Å². The highest BCUT2D eigenvalue weighted by atomic mass is 35.5. The number of aromatic hydroxyl groups is 2. The van der Waals surface area contributed by atoms with Crippen LogP contribution in [0.2, 0.25) is 5.02 Å². The third-order valence-corrected chi connectivity index (χ3v) is 3.32. The summed E-state index contributed by atoms with van der Waals surface area (Å²) in [5.41, 5.74) is 0.840. The maximum Gasteiger partial charge on any atom is 0.186 e. The molecule has 3 rings (SSSR count). The second-order valence-electron chi connectivity index (χ2n) is 4.49. The van der Waals surface area contributed by atoms with Crippen molar-refractivity contribution in [2.45, 2.75) is 0 Å². The van der Waals surface area contributed by atoms with Gasteiger partial charge in [0.05, 0.1) is 5.69 Å². The van der Waals surface area contributed by atoms with Crippen LogP contribution in [0.3, 0.4) is 0 Å². The number of nitrogens with zero attached hydrogens (tertiary/aromatic N) is 2. The van der Waals surface area contributed by atoms with Gasteiger partial charge in [-0.15, -0.1) is 5.11 Å². The van der Waals surface area contributed by atoms with Gasteiger partial charge < -0.3 is 10.2 Å². The Labute approximate surface area is 126 Å². The number of hydrogen-bond donors (Lipinski definition) is 2. The average Bonchev–Trinajstić information content (AvgIpc) is 2.49. The van der Waals surface area contributed by atoms with Gasteiger partial charge in [-0.05, 0) is 35.7 Å². The van der Waals surface area contributed by atoms with Crippen molar-refractivity contribution >= 4 is 33.7 Å². The summed E-state index contributed by atoms with van der Waals surface area (Å²) in [5, 5.41) is 30.0. The van der Waals surface area contributed by atoms with Crippen LogP contribution in [0.5, 0.6) is 11.5 Å². The van der Waals surface area contributed by atoms with Crippen LogP contribution in [-0.4, -0.2) is 10.2 Å². The van der Waals surface area contributed by atoms with Crippen molar-refractivity contribution in [2.75, 3.05) is 0 Å². The fraction of sp³-hybridized carbons (Fsp3) is 0. The van der Waals surface area contributed by atoms with Crippen LogP contribution in [0.4, 0.5) is 11.4 Å². The van der Waals surface area contributed by atoms with Gasteiger partial charge >= 0.3 is 0 Å². The number of azo groups is 1. The van der Waals surface area contributed by atoms with E-state index in [4.69, 9.17) is 11.6 Å². The molecule has 3 aromatic carbocycles. The third-order valence-electron chi connectivity index (χ3n) is 3.07. The van der Waals surface area contributed by atoms with Gasteiger partial charge in [-0.25, -0.2) is 0 Å². The van der Waals surface area contributed by atoms with E-state index in [1.807, 2.05) is 24.3 Å². The van der Waals surface area contributed by atoms with Crippen LogP contribution in [0, 0.1) is 0 Å². The molecule has 0 aromatic heterocycles. The molecular weight excluding hydrogens is 288 g/mol. The predicted octanol–water partition coefficient (Wildman–Crippen LogP) is 5.32. The van der Waals surface area contributed by atoms with Crippen molar-refractivity contribution in [3.63, 3.8) is 0 Å². The Morgan fingerprint density at radius 1 is 0.857 bits per heavy atom. The molecular formula is C16H11ClN2O2. The van der Waals surface area contributed by atoms with Crippen molar-refractivity contribution in [1.82, 2.24) is 0 Å². The summed E-state index contributed by atoms with van der Waals surface area (Å²) in [6.07, 6.45) is 0. The largest absolute Gasteiger partial charge is 0.504 e. The first kappa shape index (κ1) is 13.4. The van der Waals surface area contributed by atoms with Crippen molar-refractivity contribution in [3.05, 3.63) is 59.6 Å². The zero-order chi connectivity index (χ0) is 14.8. The molecule has 0 aliphatic carbocycles. The molecule has 0 fully saturated rings. The van der Waals surface area contributed by atoms with Gasteiger partial charge in [0.2, 0.25) is 0 Å². The summed E-state index contributed by atoms with van der Waals surface area (Å²) < 4.78 is 0. The van der Waals surface area contributed by atoms with Gasteiger partial charge in [-0.2, -0.15) is 5.11 Å². The molecule has 0 atom stereocenters. The zero-order valence-electron chi connectivity index (χ0n) is 10.9. The lowest BCUT2D eigenvalue weighted by Crippen LogP contribution is -1.76. The molecule has 2 N–H and O–H groups in total. The molecule has 0 aliphatic heterocycles. The molecule has 0 amide bonds. The van der Waals surface area contributed by atoms with E-state index in [0.29, 0.717) is 16.1 Å². The maximum absolute atomic E-state index is 9.99. The van der Waals surface area contributed by atoms with Gasteiger partial charge in [0.25, 0.3) is 0 Å². The third kappa shape index (κ3) is 2.66. The van der Waals surface area contributed by atoms with E-state index in [1.165, 1.54) is 6.07 Å². The Hall–Kier alpha value is -2.59. The Kier molecular flexibility index (Phi) is 3.46. The second kappa shape index (κ2) is 5.42. The van der Waals surface area contributed by atoms with Gasteiger partial charge in [0, 0.05) is 10.4 Å². The summed E-state index contributed by atoms with van der Waals surface area (Å²) in [5.74, 6) is -0.509. The Morgan fingerprint density at radius 2 is 1.57 bits per heavy atom. The molecule has 3 aromatic rings. The number of benzene rings is 3. The monoisotopic (exact) mass is 298 g/mol. The van der Waals surface area contributed by atoms with Crippen LogP contribution < -0.4 is 0 Å². The number of phenols is 2. The number of fused-ring (bicyclic) bond motifs is 1. The summed E-state index contributed by atoms with van der Waals surface area (Å²) >= 11 is 5.81. The molecule has 0 saturated heterocycles. The van der Waals surface area contributed by atoms with E-state index in [0.717, 1.165) is 5.39 Å². The molecule has 104 valence electrons. The van der Waals surface area contributed by atoms with E-state index < -0.39 is 0 Å².